The van der Waals surface area contributed by atoms with Crippen molar-refractivity contribution in [2.24, 2.45) is 0 Å². The number of anilines is 1. The molecular formula is C14H15N3O3. The molecule has 0 radical (unpaired) electrons. The molecule has 3 N–H and O–H groups in total. The van der Waals surface area contributed by atoms with Gasteiger partial charge in [0.15, 0.2) is 5.75 Å². The monoisotopic (exact) mass is 273 g/mol. The molecule has 1 heterocycles. The first kappa shape index (κ1) is 13.7. The van der Waals surface area contributed by atoms with E-state index < -0.39 is 0 Å². The smallest absolute Gasteiger partial charge is 0.269 e. The van der Waals surface area contributed by atoms with Gasteiger partial charge in [0.05, 0.1) is 12.8 Å². The standard InChI is InChI=1S/C14H15N3O3/c1-16-14(18)12-8-10(5-6-17-12)20-13-4-3-9(19-2)7-11(13)15/h3-8H,15H2,1-2H3,(H,16,18). The maximum Gasteiger partial charge on any atom is 0.269 e. The number of nitrogens with zero attached hydrogens (tertiary/aromatic N) is 1. The Hall–Kier alpha value is -2.76. The van der Waals surface area contributed by atoms with Gasteiger partial charge in [-0.05, 0) is 18.2 Å². The van der Waals surface area contributed by atoms with Gasteiger partial charge in [-0.1, -0.05) is 0 Å². The molecular weight excluding hydrogens is 258 g/mol. The molecule has 0 spiro atoms. The van der Waals surface area contributed by atoms with E-state index in [0.717, 1.165) is 0 Å². The Morgan fingerprint density at radius 3 is 2.70 bits per heavy atom. The molecule has 6 heteroatoms. The Morgan fingerprint density at radius 2 is 2.05 bits per heavy atom. The van der Waals surface area contributed by atoms with Crippen molar-refractivity contribution in [3.63, 3.8) is 0 Å². The van der Waals surface area contributed by atoms with Gasteiger partial charge in [0.25, 0.3) is 5.91 Å². The topological polar surface area (TPSA) is 86.5 Å². The van der Waals surface area contributed by atoms with Crippen molar-refractivity contribution in [2.75, 3.05) is 19.9 Å². The van der Waals surface area contributed by atoms with Gasteiger partial charge in [0, 0.05) is 25.4 Å². The Kier molecular flexibility index (Phi) is 4.05. The normalized spacial score (nSPS) is 9.90. The first-order chi connectivity index (χ1) is 9.63. The molecule has 0 atom stereocenters. The fourth-order valence-electron chi connectivity index (χ4n) is 1.60. The highest BCUT2D eigenvalue weighted by molar-refractivity contribution is 5.92. The number of hydrogen-bond donors (Lipinski definition) is 2. The zero-order valence-corrected chi connectivity index (χ0v) is 11.2. The van der Waals surface area contributed by atoms with Gasteiger partial charge in [-0.15, -0.1) is 0 Å². The zero-order chi connectivity index (χ0) is 14.5. The summed E-state index contributed by atoms with van der Waals surface area (Å²) in [5.74, 6) is 1.34. The van der Waals surface area contributed by atoms with Gasteiger partial charge in [0.1, 0.15) is 17.2 Å². The Labute approximate surface area is 116 Å². The fourth-order valence-corrected chi connectivity index (χ4v) is 1.60. The third-order valence-electron chi connectivity index (χ3n) is 2.64. The molecule has 0 saturated carbocycles. The van der Waals surface area contributed by atoms with Crippen LogP contribution >= 0.6 is 0 Å². The van der Waals surface area contributed by atoms with Crippen LogP contribution in [0.1, 0.15) is 10.5 Å². The number of nitrogens with two attached hydrogens (primary N) is 1. The molecule has 0 unspecified atom stereocenters. The van der Waals surface area contributed by atoms with Crippen LogP contribution in [0.3, 0.4) is 0 Å². The van der Waals surface area contributed by atoms with Crippen molar-refractivity contribution in [2.45, 2.75) is 0 Å². The van der Waals surface area contributed by atoms with Gasteiger partial charge < -0.3 is 20.5 Å². The number of ether oxygens (including phenoxy) is 2. The third-order valence-corrected chi connectivity index (χ3v) is 2.64. The molecule has 0 aliphatic rings. The highest BCUT2D eigenvalue weighted by Gasteiger charge is 2.08. The number of rotatable bonds is 4. The van der Waals surface area contributed by atoms with Crippen LogP contribution < -0.4 is 20.5 Å². The molecule has 1 aromatic heterocycles. The summed E-state index contributed by atoms with van der Waals surface area (Å²) in [5.41, 5.74) is 6.59. The van der Waals surface area contributed by atoms with Crippen LogP contribution in [0, 0.1) is 0 Å². The number of hydrogen-bond acceptors (Lipinski definition) is 5. The first-order valence-corrected chi connectivity index (χ1v) is 5.93. The second-order valence-electron chi connectivity index (χ2n) is 3.96. The highest BCUT2D eigenvalue weighted by Crippen LogP contribution is 2.30. The molecule has 1 aromatic carbocycles. The second-order valence-corrected chi connectivity index (χ2v) is 3.96. The number of carbonyl (C=O) groups excluding carboxylic acids is 1. The first-order valence-electron chi connectivity index (χ1n) is 5.93. The van der Waals surface area contributed by atoms with Crippen molar-refractivity contribution in [3.8, 4) is 17.2 Å². The third kappa shape index (κ3) is 2.97. The van der Waals surface area contributed by atoms with Crippen molar-refractivity contribution < 1.29 is 14.3 Å². The summed E-state index contributed by atoms with van der Waals surface area (Å²) in [5, 5.41) is 2.50. The van der Waals surface area contributed by atoms with Crippen LogP contribution in [-0.4, -0.2) is 25.0 Å². The number of methoxy groups -OCH3 is 1. The van der Waals surface area contributed by atoms with Gasteiger partial charge in [-0.3, -0.25) is 9.78 Å². The maximum absolute atomic E-state index is 11.5. The number of benzene rings is 1. The summed E-state index contributed by atoms with van der Waals surface area (Å²) in [6.07, 6.45) is 1.50. The minimum absolute atomic E-state index is 0.275. The molecule has 1 amide bonds. The number of nitrogens with one attached hydrogen (secondary N) is 1. The molecule has 104 valence electrons. The van der Waals surface area contributed by atoms with Gasteiger partial charge in [-0.2, -0.15) is 0 Å². The lowest BCUT2D eigenvalue weighted by atomic mass is 10.2. The van der Waals surface area contributed by atoms with Gasteiger partial charge in [-0.25, -0.2) is 0 Å². The lowest BCUT2D eigenvalue weighted by Gasteiger charge is -2.10. The van der Waals surface area contributed by atoms with E-state index in [9.17, 15) is 4.79 Å². The zero-order valence-electron chi connectivity index (χ0n) is 11.2. The summed E-state index contributed by atoms with van der Waals surface area (Å²) in [7, 11) is 3.10. The van der Waals surface area contributed by atoms with Crippen LogP contribution in [-0.2, 0) is 0 Å². The lowest BCUT2D eigenvalue weighted by molar-refractivity contribution is 0.0958. The number of nitrogen functional groups attached to an aromatic ring is 1. The second kappa shape index (κ2) is 5.92. The van der Waals surface area contributed by atoms with Crippen LogP contribution in [0.25, 0.3) is 0 Å². The van der Waals surface area contributed by atoms with Crippen LogP contribution in [0.2, 0.25) is 0 Å². The molecule has 2 rings (SSSR count). The molecule has 0 saturated heterocycles. The Bertz CT molecular complexity index is 629. The van der Waals surface area contributed by atoms with E-state index in [1.165, 1.54) is 6.20 Å². The SMILES string of the molecule is CNC(=O)c1cc(Oc2ccc(OC)cc2N)ccn1. The number of aromatic nitrogens is 1. The quantitative estimate of drug-likeness (QED) is 0.830. The lowest BCUT2D eigenvalue weighted by Crippen LogP contribution is -2.18. The van der Waals surface area contributed by atoms with Crippen molar-refractivity contribution in [1.82, 2.24) is 10.3 Å². The highest BCUT2D eigenvalue weighted by atomic mass is 16.5. The molecule has 0 bridgehead atoms. The Morgan fingerprint density at radius 1 is 1.25 bits per heavy atom. The van der Waals surface area contributed by atoms with E-state index in [0.29, 0.717) is 22.9 Å². The Balaban J connectivity index is 2.24. The predicted octanol–water partition coefficient (Wildman–Crippen LogP) is 1.82. The number of amides is 1. The predicted molar refractivity (Wildman–Crippen MR) is 75.1 cm³/mol. The van der Waals surface area contributed by atoms with Gasteiger partial charge >= 0.3 is 0 Å². The molecule has 0 aliphatic carbocycles. The van der Waals surface area contributed by atoms with Crippen LogP contribution in [0.5, 0.6) is 17.2 Å². The van der Waals surface area contributed by atoms with E-state index in [-0.39, 0.29) is 11.6 Å². The number of carbonyl (C=O) groups is 1. The summed E-state index contributed by atoms with van der Waals surface area (Å²) >= 11 is 0. The number of pyridine rings is 1. The molecule has 20 heavy (non-hydrogen) atoms. The molecule has 0 fully saturated rings. The van der Waals surface area contributed by atoms with E-state index in [1.54, 1.807) is 44.5 Å². The average molecular weight is 273 g/mol. The largest absolute Gasteiger partial charge is 0.497 e. The van der Waals surface area contributed by atoms with E-state index in [2.05, 4.69) is 10.3 Å². The minimum atomic E-state index is -0.279. The fraction of sp³-hybridized carbons (Fsp3) is 0.143. The van der Waals surface area contributed by atoms with Crippen LogP contribution in [0.4, 0.5) is 5.69 Å². The summed E-state index contributed by atoms with van der Waals surface area (Å²) in [6, 6.07) is 8.30. The summed E-state index contributed by atoms with van der Waals surface area (Å²) in [6.45, 7) is 0. The van der Waals surface area contributed by atoms with E-state index in [1.807, 2.05) is 0 Å². The average Bonchev–Trinajstić information content (AvgIpc) is 2.48. The molecule has 2 aromatic rings. The van der Waals surface area contributed by atoms with E-state index >= 15 is 0 Å². The maximum atomic E-state index is 11.5. The van der Waals surface area contributed by atoms with Crippen LogP contribution in [0.15, 0.2) is 36.5 Å². The summed E-state index contributed by atoms with van der Waals surface area (Å²) in [4.78, 5) is 15.5. The van der Waals surface area contributed by atoms with E-state index in [4.69, 9.17) is 15.2 Å². The van der Waals surface area contributed by atoms with Gasteiger partial charge in [0.2, 0.25) is 0 Å². The van der Waals surface area contributed by atoms with Crippen molar-refractivity contribution in [1.29, 1.82) is 0 Å². The van der Waals surface area contributed by atoms with Crippen molar-refractivity contribution in [3.05, 3.63) is 42.2 Å². The summed E-state index contributed by atoms with van der Waals surface area (Å²) < 4.78 is 10.7. The van der Waals surface area contributed by atoms with Crippen molar-refractivity contribution >= 4 is 11.6 Å². The minimum Gasteiger partial charge on any atom is -0.497 e. The molecule has 0 aliphatic heterocycles. The molecule has 6 nitrogen and oxygen atoms in total.